The normalized spacial score (nSPS) is 9.86. The monoisotopic (exact) mass is 197 g/mol. The fourth-order valence-electron chi connectivity index (χ4n) is 1.10. The van der Waals surface area contributed by atoms with E-state index in [4.69, 9.17) is 0 Å². The van der Waals surface area contributed by atoms with Gasteiger partial charge in [0.1, 0.15) is 11.6 Å². The number of anilines is 1. The summed E-state index contributed by atoms with van der Waals surface area (Å²) in [5.74, 6) is -0.859. The van der Waals surface area contributed by atoms with Gasteiger partial charge in [-0.15, -0.1) is 6.58 Å². The SMILES string of the molecule is C=CCCCNc1cc(F)ccc1F. The van der Waals surface area contributed by atoms with Crippen molar-refractivity contribution in [1.29, 1.82) is 0 Å². The molecule has 0 saturated carbocycles. The van der Waals surface area contributed by atoms with Crippen LogP contribution in [0.15, 0.2) is 30.9 Å². The van der Waals surface area contributed by atoms with Crippen molar-refractivity contribution >= 4 is 5.69 Å². The van der Waals surface area contributed by atoms with Gasteiger partial charge in [0, 0.05) is 6.54 Å². The molecule has 0 saturated heterocycles. The lowest BCUT2D eigenvalue weighted by Crippen LogP contribution is -2.03. The lowest BCUT2D eigenvalue weighted by atomic mass is 10.2. The zero-order chi connectivity index (χ0) is 10.4. The standard InChI is InChI=1S/C11H13F2N/c1-2-3-4-7-14-11-8-9(12)5-6-10(11)13/h2,5-6,8,14H,1,3-4,7H2. The number of nitrogens with one attached hydrogen (secondary N) is 1. The summed E-state index contributed by atoms with van der Waals surface area (Å²) in [6.07, 6.45) is 3.52. The topological polar surface area (TPSA) is 12.0 Å². The molecule has 1 aromatic carbocycles. The molecule has 0 aromatic heterocycles. The highest BCUT2D eigenvalue weighted by atomic mass is 19.1. The van der Waals surface area contributed by atoms with Gasteiger partial charge in [-0.05, 0) is 31.0 Å². The maximum atomic E-state index is 13.0. The Kier molecular flexibility index (Phi) is 4.11. The third kappa shape index (κ3) is 3.17. The number of rotatable bonds is 5. The number of hydrogen-bond donors (Lipinski definition) is 1. The minimum absolute atomic E-state index is 0.217. The highest BCUT2D eigenvalue weighted by Crippen LogP contribution is 2.14. The summed E-state index contributed by atoms with van der Waals surface area (Å²) >= 11 is 0. The predicted octanol–water partition coefficient (Wildman–Crippen LogP) is 3.34. The summed E-state index contributed by atoms with van der Waals surface area (Å²) in [7, 11) is 0. The Morgan fingerprint density at radius 1 is 1.36 bits per heavy atom. The van der Waals surface area contributed by atoms with Gasteiger partial charge >= 0.3 is 0 Å². The molecule has 3 heteroatoms. The first-order chi connectivity index (χ1) is 6.74. The Hall–Kier alpha value is -1.38. The lowest BCUT2D eigenvalue weighted by Gasteiger charge is -2.06. The molecule has 0 bridgehead atoms. The van der Waals surface area contributed by atoms with Gasteiger partial charge in [-0.3, -0.25) is 0 Å². The molecule has 1 nitrogen and oxygen atoms in total. The molecule has 0 heterocycles. The smallest absolute Gasteiger partial charge is 0.146 e. The van der Waals surface area contributed by atoms with E-state index in [1.165, 1.54) is 0 Å². The van der Waals surface area contributed by atoms with E-state index >= 15 is 0 Å². The van der Waals surface area contributed by atoms with Crippen LogP contribution >= 0.6 is 0 Å². The van der Waals surface area contributed by atoms with Gasteiger partial charge < -0.3 is 5.32 Å². The Labute approximate surface area is 82.4 Å². The quantitative estimate of drug-likeness (QED) is 0.564. The second-order valence-electron chi connectivity index (χ2n) is 2.98. The van der Waals surface area contributed by atoms with Crippen LogP contribution in [-0.2, 0) is 0 Å². The minimum atomic E-state index is -0.433. The molecule has 0 radical (unpaired) electrons. The molecule has 0 spiro atoms. The summed E-state index contributed by atoms with van der Waals surface area (Å²) in [5, 5.41) is 2.83. The van der Waals surface area contributed by atoms with Crippen LogP contribution in [0.2, 0.25) is 0 Å². The van der Waals surface area contributed by atoms with Gasteiger partial charge in [-0.25, -0.2) is 8.78 Å². The zero-order valence-electron chi connectivity index (χ0n) is 7.89. The fourth-order valence-corrected chi connectivity index (χ4v) is 1.10. The molecular formula is C11H13F2N. The van der Waals surface area contributed by atoms with Gasteiger partial charge in [0.15, 0.2) is 0 Å². The van der Waals surface area contributed by atoms with Gasteiger partial charge in [-0.2, -0.15) is 0 Å². The third-order valence-electron chi connectivity index (χ3n) is 1.83. The first-order valence-corrected chi connectivity index (χ1v) is 4.54. The predicted molar refractivity (Wildman–Crippen MR) is 54.3 cm³/mol. The molecule has 0 atom stereocenters. The van der Waals surface area contributed by atoms with E-state index in [1.54, 1.807) is 6.08 Å². The Morgan fingerprint density at radius 3 is 2.86 bits per heavy atom. The Morgan fingerprint density at radius 2 is 2.14 bits per heavy atom. The molecule has 0 aliphatic rings. The summed E-state index contributed by atoms with van der Waals surface area (Å²) in [6.45, 7) is 4.19. The zero-order valence-corrected chi connectivity index (χ0v) is 7.89. The molecule has 1 N–H and O–H groups in total. The van der Waals surface area contributed by atoms with Crippen LogP contribution in [0, 0.1) is 11.6 Å². The van der Waals surface area contributed by atoms with E-state index in [9.17, 15) is 8.78 Å². The number of halogens is 2. The van der Waals surface area contributed by atoms with Crippen molar-refractivity contribution in [2.75, 3.05) is 11.9 Å². The average Bonchev–Trinajstić information content (AvgIpc) is 2.18. The van der Waals surface area contributed by atoms with Gasteiger partial charge in [0.05, 0.1) is 5.69 Å². The number of hydrogen-bond acceptors (Lipinski definition) is 1. The van der Waals surface area contributed by atoms with Gasteiger partial charge in [0.25, 0.3) is 0 Å². The van der Waals surface area contributed by atoms with Crippen molar-refractivity contribution in [2.45, 2.75) is 12.8 Å². The second kappa shape index (κ2) is 5.37. The van der Waals surface area contributed by atoms with E-state index in [0.29, 0.717) is 6.54 Å². The molecule has 14 heavy (non-hydrogen) atoms. The summed E-state index contributed by atoms with van der Waals surface area (Å²) in [6, 6.07) is 3.37. The molecule has 76 valence electrons. The summed E-state index contributed by atoms with van der Waals surface area (Å²) in [4.78, 5) is 0. The van der Waals surface area contributed by atoms with E-state index in [-0.39, 0.29) is 5.69 Å². The number of benzene rings is 1. The number of unbranched alkanes of at least 4 members (excludes halogenated alkanes) is 1. The molecule has 1 aromatic rings. The van der Waals surface area contributed by atoms with Crippen LogP contribution in [0.25, 0.3) is 0 Å². The first kappa shape index (κ1) is 10.7. The van der Waals surface area contributed by atoms with Crippen LogP contribution in [-0.4, -0.2) is 6.54 Å². The fraction of sp³-hybridized carbons (Fsp3) is 0.273. The second-order valence-corrected chi connectivity index (χ2v) is 2.98. The third-order valence-corrected chi connectivity index (χ3v) is 1.83. The van der Waals surface area contributed by atoms with Crippen molar-refractivity contribution in [3.8, 4) is 0 Å². The van der Waals surface area contributed by atoms with Crippen LogP contribution in [0.4, 0.5) is 14.5 Å². The van der Waals surface area contributed by atoms with Crippen LogP contribution in [0.5, 0.6) is 0 Å². The summed E-state index contributed by atoms with van der Waals surface area (Å²) < 4.78 is 25.7. The van der Waals surface area contributed by atoms with E-state index < -0.39 is 11.6 Å². The Balaban J connectivity index is 2.49. The molecule has 0 amide bonds. The first-order valence-electron chi connectivity index (χ1n) is 4.54. The van der Waals surface area contributed by atoms with Crippen molar-refractivity contribution < 1.29 is 8.78 Å². The van der Waals surface area contributed by atoms with E-state index in [2.05, 4.69) is 11.9 Å². The highest BCUT2D eigenvalue weighted by Gasteiger charge is 2.01. The lowest BCUT2D eigenvalue weighted by molar-refractivity contribution is 0.602. The van der Waals surface area contributed by atoms with Gasteiger partial charge in [-0.1, -0.05) is 6.08 Å². The van der Waals surface area contributed by atoms with Crippen LogP contribution in [0.3, 0.4) is 0 Å². The molecule has 0 aliphatic heterocycles. The summed E-state index contributed by atoms with van der Waals surface area (Å²) in [5.41, 5.74) is 0.217. The Bertz CT molecular complexity index is 310. The molecule has 1 rings (SSSR count). The number of allylic oxidation sites excluding steroid dienone is 1. The minimum Gasteiger partial charge on any atom is -0.383 e. The van der Waals surface area contributed by atoms with Crippen molar-refractivity contribution in [3.63, 3.8) is 0 Å². The maximum absolute atomic E-state index is 13.0. The van der Waals surface area contributed by atoms with Gasteiger partial charge in [0.2, 0.25) is 0 Å². The van der Waals surface area contributed by atoms with Crippen molar-refractivity contribution in [1.82, 2.24) is 0 Å². The van der Waals surface area contributed by atoms with Crippen LogP contribution < -0.4 is 5.32 Å². The average molecular weight is 197 g/mol. The molecule has 0 unspecified atom stereocenters. The molecule has 0 aliphatic carbocycles. The van der Waals surface area contributed by atoms with Crippen LogP contribution in [0.1, 0.15) is 12.8 Å². The van der Waals surface area contributed by atoms with Crippen molar-refractivity contribution in [3.05, 3.63) is 42.5 Å². The largest absolute Gasteiger partial charge is 0.383 e. The van der Waals surface area contributed by atoms with Crippen molar-refractivity contribution in [2.24, 2.45) is 0 Å². The highest BCUT2D eigenvalue weighted by molar-refractivity contribution is 5.44. The maximum Gasteiger partial charge on any atom is 0.146 e. The van der Waals surface area contributed by atoms with E-state index in [1.807, 2.05) is 0 Å². The molecule has 0 fully saturated rings. The molecular weight excluding hydrogens is 184 g/mol. The van der Waals surface area contributed by atoms with E-state index in [0.717, 1.165) is 31.0 Å².